The van der Waals surface area contributed by atoms with Gasteiger partial charge in [-0.15, -0.1) is 0 Å². The largest absolute Gasteiger partial charge is 0.371 e. The molecule has 142 valence electrons. The molecular weight excluding hydrogens is 358 g/mol. The highest BCUT2D eigenvalue weighted by atomic mass is 32.2. The summed E-state index contributed by atoms with van der Waals surface area (Å²) in [5.41, 5.74) is 12.5. The summed E-state index contributed by atoms with van der Waals surface area (Å²) in [6.45, 7) is 3.17. The Morgan fingerprint density at radius 2 is 2.12 bits per heavy atom. The van der Waals surface area contributed by atoms with Crippen LogP contribution >= 0.6 is 0 Å². The smallest absolute Gasteiger partial charge is 0.264 e. The molecule has 0 aliphatic carbocycles. The summed E-state index contributed by atoms with van der Waals surface area (Å²) in [5.74, 6) is 0. The lowest BCUT2D eigenvalue weighted by Gasteiger charge is -2.31. The summed E-state index contributed by atoms with van der Waals surface area (Å²) in [4.78, 5) is 10.1. The molecule has 1 aliphatic rings. The van der Waals surface area contributed by atoms with E-state index >= 15 is 0 Å². The van der Waals surface area contributed by atoms with Crippen molar-refractivity contribution in [3.05, 3.63) is 58.2 Å². The van der Waals surface area contributed by atoms with Gasteiger partial charge < -0.3 is 4.90 Å². The van der Waals surface area contributed by atoms with Gasteiger partial charge >= 0.3 is 0 Å². The van der Waals surface area contributed by atoms with Crippen molar-refractivity contribution in [1.29, 1.82) is 0 Å². The van der Waals surface area contributed by atoms with Gasteiger partial charge in [0, 0.05) is 30.7 Å². The van der Waals surface area contributed by atoms with Crippen LogP contribution in [0.5, 0.6) is 0 Å². The number of rotatable bonds is 10. The topological polar surface area (TPSA) is 117 Å². The van der Waals surface area contributed by atoms with E-state index in [0.29, 0.717) is 25.4 Å². The SMILES string of the molecule is CCONC1=CN(Cc2ccccc2)CC1(CN=[N+]=[N-])COS(C)(=O)=O. The molecule has 0 spiro atoms. The van der Waals surface area contributed by atoms with Crippen LogP contribution in [0.25, 0.3) is 10.4 Å². The van der Waals surface area contributed by atoms with Crippen molar-refractivity contribution >= 4 is 10.1 Å². The Morgan fingerprint density at radius 1 is 1.38 bits per heavy atom. The van der Waals surface area contributed by atoms with Gasteiger partial charge in [0.1, 0.15) is 0 Å². The number of hydroxylamine groups is 1. The molecule has 0 amide bonds. The lowest BCUT2D eigenvalue weighted by molar-refractivity contribution is 0.0488. The Balaban J connectivity index is 2.26. The summed E-state index contributed by atoms with van der Waals surface area (Å²) in [6, 6.07) is 9.86. The van der Waals surface area contributed by atoms with Crippen molar-refractivity contribution in [2.45, 2.75) is 13.5 Å². The molecule has 1 atom stereocenters. The van der Waals surface area contributed by atoms with Crippen LogP contribution in [-0.2, 0) is 25.7 Å². The Labute approximate surface area is 153 Å². The average Bonchev–Trinajstić information content (AvgIpc) is 2.94. The van der Waals surface area contributed by atoms with Gasteiger partial charge in [0.05, 0.1) is 30.6 Å². The molecule has 1 unspecified atom stereocenters. The molecule has 0 saturated carbocycles. The Hall–Kier alpha value is -2.26. The molecule has 1 aromatic carbocycles. The van der Waals surface area contributed by atoms with Crippen LogP contribution < -0.4 is 5.48 Å². The fraction of sp³-hybridized carbons (Fsp3) is 0.500. The predicted molar refractivity (Wildman–Crippen MR) is 96.9 cm³/mol. The van der Waals surface area contributed by atoms with Gasteiger partial charge in [-0.1, -0.05) is 35.4 Å². The molecular formula is C16H23N5O4S. The third-order valence-corrected chi connectivity index (χ3v) is 4.48. The lowest BCUT2D eigenvalue weighted by atomic mass is 9.87. The van der Waals surface area contributed by atoms with Crippen LogP contribution in [-0.4, -0.2) is 45.9 Å². The number of nitrogens with zero attached hydrogens (tertiary/aromatic N) is 4. The Bertz CT molecular complexity index is 777. The van der Waals surface area contributed by atoms with Gasteiger partial charge in [0.2, 0.25) is 0 Å². The van der Waals surface area contributed by atoms with E-state index in [4.69, 9.17) is 14.6 Å². The van der Waals surface area contributed by atoms with Crippen molar-refractivity contribution in [2.75, 3.05) is 32.6 Å². The van der Waals surface area contributed by atoms with E-state index in [0.717, 1.165) is 11.8 Å². The van der Waals surface area contributed by atoms with Gasteiger partial charge in [-0.25, -0.2) is 0 Å². The van der Waals surface area contributed by atoms with E-state index in [9.17, 15) is 8.42 Å². The first-order valence-corrected chi connectivity index (χ1v) is 9.93. The molecule has 0 fully saturated rings. The first kappa shape index (κ1) is 20.1. The minimum Gasteiger partial charge on any atom is -0.371 e. The number of benzene rings is 1. The van der Waals surface area contributed by atoms with E-state index in [2.05, 4.69) is 15.5 Å². The predicted octanol–water partition coefficient (Wildman–Crippen LogP) is 2.16. The second kappa shape index (κ2) is 8.91. The Morgan fingerprint density at radius 3 is 2.73 bits per heavy atom. The molecule has 1 N–H and O–H groups in total. The molecule has 0 saturated heterocycles. The van der Waals surface area contributed by atoms with Crippen LogP contribution in [0.1, 0.15) is 12.5 Å². The molecule has 1 aromatic rings. The highest BCUT2D eigenvalue weighted by molar-refractivity contribution is 7.85. The maximum absolute atomic E-state index is 11.5. The van der Waals surface area contributed by atoms with Crippen LogP contribution in [0.2, 0.25) is 0 Å². The molecule has 1 heterocycles. The van der Waals surface area contributed by atoms with E-state index in [1.165, 1.54) is 0 Å². The molecule has 9 nitrogen and oxygen atoms in total. The fourth-order valence-electron chi connectivity index (χ4n) is 2.73. The fourth-order valence-corrected chi connectivity index (χ4v) is 3.17. The third-order valence-electron chi connectivity index (χ3n) is 3.93. The van der Waals surface area contributed by atoms with E-state index in [1.54, 1.807) is 0 Å². The zero-order valence-corrected chi connectivity index (χ0v) is 15.6. The number of nitrogens with one attached hydrogen (secondary N) is 1. The Kier molecular flexibility index (Phi) is 6.87. The van der Waals surface area contributed by atoms with Crippen LogP contribution in [0.3, 0.4) is 0 Å². The monoisotopic (exact) mass is 381 g/mol. The maximum Gasteiger partial charge on any atom is 0.264 e. The van der Waals surface area contributed by atoms with Gasteiger partial charge in [0.25, 0.3) is 10.1 Å². The minimum absolute atomic E-state index is 0.0379. The van der Waals surface area contributed by atoms with Gasteiger partial charge in [0.15, 0.2) is 0 Å². The van der Waals surface area contributed by atoms with Crippen LogP contribution in [0.4, 0.5) is 0 Å². The van der Waals surface area contributed by atoms with Crippen molar-refractivity contribution < 1.29 is 17.4 Å². The van der Waals surface area contributed by atoms with Crippen LogP contribution in [0, 0.1) is 5.41 Å². The number of azide groups is 1. The van der Waals surface area contributed by atoms with Gasteiger partial charge in [-0.3, -0.25) is 14.5 Å². The summed E-state index contributed by atoms with van der Waals surface area (Å²) in [6.07, 6.45) is 2.84. The van der Waals surface area contributed by atoms with Crippen molar-refractivity contribution in [3.63, 3.8) is 0 Å². The molecule has 10 heteroatoms. The normalized spacial score (nSPS) is 19.8. The van der Waals surface area contributed by atoms with Crippen molar-refractivity contribution in [3.8, 4) is 0 Å². The quantitative estimate of drug-likeness (QED) is 0.218. The first-order valence-electron chi connectivity index (χ1n) is 8.12. The second-order valence-electron chi connectivity index (χ2n) is 6.10. The molecule has 0 bridgehead atoms. The minimum atomic E-state index is -3.64. The molecule has 2 rings (SSSR count). The second-order valence-corrected chi connectivity index (χ2v) is 7.75. The van der Waals surface area contributed by atoms with E-state index in [-0.39, 0.29) is 13.2 Å². The van der Waals surface area contributed by atoms with Gasteiger partial charge in [-0.05, 0) is 18.0 Å². The summed E-state index contributed by atoms with van der Waals surface area (Å²) >= 11 is 0. The van der Waals surface area contributed by atoms with Crippen molar-refractivity contribution in [2.24, 2.45) is 10.5 Å². The van der Waals surface area contributed by atoms with E-state index < -0.39 is 15.5 Å². The highest BCUT2D eigenvalue weighted by Crippen LogP contribution is 2.35. The van der Waals surface area contributed by atoms with Gasteiger partial charge in [-0.2, -0.15) is 8.42 Å². The first-order chi connectivity index (χ1) is 12.4. The summed E-state index contributed by atoms with van der Waals surface area (Å²) in [7, 11) is -3.64. The summed E-state index contributed by atoms with van der Waals surface area (Å²) in [5, 5.41) is 3.67. The molecule has 0 radical (unpaired) electrons. The molecule has 26 heavy (non-hydrogen) atoms. The lowest BCUT2D eigenvalue weighted by Crippen LogP contribution is -2.41. The summed E-state index contributed by atoms with van der Waals surface area (Å²) < 4.78 is 28.0. The number of hydrogen-bond donors (Lipinski definition) is 1. The zero-order chi connectivity index (χ0) is 19.0. The maximum atomic E-state index is 11.5. The third kappa shape index (κ3) is 5.63. The van der Waals surface area contributed by atoms with Crippen LogP contribution in [0.15, 0.2) is 47.3 Å². The average molecular weight is 381 g/mol. The number of hydrogen-bond acceptors (Lipinski definition) is 7. The van der Waals surface area contributed by atoms with Crippen molar-refractivity contribution in [1.82, 2.24) is 10.4 Å². The molecule has 0 aromatic heterocycles. The zero-order valence-electron chi connectivity index (χ0n) is 14.8. The standard InChI is InChI=1S/C16H23N5O4S/c1-3-24-19-15-10-21(9-14-7-5-4-6-8-14)12-16(15,11-18-20-17)13-25-26(2,22)23/h4-8,10,19H,3,9,11-13H2,1-2H3. The highest BCUT2D eigenvalue weighted by Gasteiger charge is 2.42. The van der Waals surface area contributed by atoms with E-state index in [1.807, 2.05) is 48.4 Å². The molecule has 1 aliphatic heterocycles.